The molecular formula is C11H14F2N2O2S. The van der Waals surface area contributed by atoms with Crippen LogP contribution in [-0.2, 0) is 10.0 Å². The Morgan fingerprint density at radius 2 is 1.94 bits per heavy atom. The summed E-state index contributed by atoms with van der Waals surface area (Å²) in [4.78, 5) is -0.859. The summed E-state index contributed by atoms with van der Waals surface area (Å²) >= 11 is 0. The van der Waals surface area contributed by atoms with Crippen LogP contribution < -0.4 is 5.32 Å². The molecule has 100 valence electrons. The van der Waals surface area contributed by atoms with Crippen LogP contribution in [0, 0.1) is 11.6 Å². The first-order valence-electron chi connectivity index (χ1n) is 5.58. The molecule has 18 heavy (non-hydrogen) atoms. The molecule has 0 aromatic heterocycles. The molecule has 1 aliphatic heterocycles. The third-order valence-electron chi connectivity index (χ3n) is 3.08. The van der Waals surface area contributed by atoms with Gasteiger partial charge in [-0.05, 0) is 25.6 Å². The van der Waals surface area contributed by atoms with Crippen molar-refractivity contribution < 1.29 is 17.2 Å². The minimum Gasteiger partial charge on any atom is -0.316 e. The van der Waals surface area contributed by atoms with E-state index in [0.29, 0.717) is 6.42 Å². The van der Waals surface area contributed by atoms with Crippen molar-refractivity contribution in [3.05, 3.63) is 29.8 Å². The van der Waals surface area contributed by atoms with E-state index in [1.54, 1.807) is 7.05 Å². The predicted octanol–water partition coefficient (Wildman–Crippen LogP) is 0.947. The van der Waals surface area contributed by atoms with E-state index in [0.717, 1.165) is 22.5 Å². The summed E-state index contributed by atoms with van der Waals surface area (Å²) in [7, 11) is -2.37. The number of nitrogens with zero attached hydrogens (tertiary/aromatic N) is 1. The van der Waals surface area contributed by atoms with Crippen molar-refractivity contribution in [3.8, 4) is 0 Å². The molecule has 1 saturated heterocycles. The Morgan fingerprint density at radius 3 is 2.44 bits per heavy atom. The number of sulfonamides is 1. The van der Waals surface area contributed by atoms with Gasteiger partial charge in [-0.15, -0.1) is 0 Å². The van der Waals surface area contributed by atoms with Crippen molar-refractivity contribution in [2.45, 2.75) is 17.4 Å². The smallest absolute Gasteiger partial charge is 0.248 e. The van der Waals surface area contributed by atoms with Crippen LogP contribution in [0.2, 0.25) is 0 Å². The SMILES string of the molecule is CNC1CCN(S(=O)(=O)c2c(F)cccc2F)C1. The minimum atomic E-state index is -4.10. The summed E-state index contributed by atoms with van der Waals surface area (Å²) in [6, 6.07) is 3.06. The van der Waals surface area contributed by atoms with E-state index in [-0.39, 0.29) is 19.1 Å². The van der Waals surface area contributed by atoms with Gasteiger partial charge in [0.1, 0.15) is 11.6 Å². The first-order chi connectivity index (χ1) is 8.46. The summed E-state index contributed by atoms with van der Waals surface area (Å²) in [6.07, 6.45) is 0.631. The van der Waals surface area contributed by atoms with E-state index in [4.69, 9.17) is 0 Å². The fourth-order valence-corrected chi connectivity index (χ4v) is 3.65. The largest absolute Gasteiger partial charge is 0.316 e. The number of nitrogens with one attached hydrogen (secondary N) is 1. The van der Waals surface area contributed by atoms with E-state index in [1.165, 1.54) is 0 Å². The van der Waals surface area contributed by atoms with Crippen LogP contribution in [0.1, 0.15) is 6.42 Å². The summed E-state index contributed by atoms with van der Waals surface area (Å²) in [5.74, 6) is -2.11. The summed E-state index contributed by atoms with van der Waals surface area (Å²) < 4.78 is 52.5. The highest BCUT2D eigenvalue weighted by Crippen LogP contribution is 2.25. The van der Waals surface area contributed by atoms with Gasteiger partial charge in [0.05, 0.1) is 0 Å². The quantitative estimate of drug-likeness (QED) is 0.894. The molecule has 7 heteroatoms. The predicted molar refractivity (Wildman–Crippen MR) is 62.6 cm³/mol. The molecule has 0 amide bonds. The van der Waals surface area contributed by atoms with Crippen molar-refractivity contribution in [1.82, 2.24) is 9.62 Å². The molecule has 1 unspecified atom stereocenters. The number of hydrogen-bond acceptors (Lipinski definition) is 3. The number of benzene rings is 1. The standard InChI is InChI=1S/C11H14F2N2O2S/c1-14-8-5-6-15(7-8)18(16,17)11-9(12)3-2-4-10(11)13/h2-4,8,14H,5-7H2,1H3. The molecular weight excluding hydrogens is 262 g/mol. The zero-order chi connectivity index (χ0) is 13.3. The number of halogens is 2. The monoisotopic (exact) mass is 276 g/mol. The van der Waals surface area contributed by atoms with Gasteiger partial charge in [0.15, 0.2) is 4.90 Å². The topological polar surface area (TPSA) is 49.4 Å². The number of likely N-dealkylation sites (N-methyl/N-ethyl adjacent to an activating group) is 1. The molecule has 2 rings (SSSR count). The van der Waals surface area contributed by atoms with Crippen LogP contribution in [0.5, 0.6) is 0 Å². The molecule has 1 aromatic rings. The molecule has 1 aliphatic rings. The van der Waals surface area contributed by atoms with Crippen LogP contribution in [0.4, 0.5) is 8.78 Å². The maximum Gasteiger partial charge on any atom is 0.248 e. The van der Waals surface area contributed by atoms with Crippen LogP contribution in [0.25, 0.3) is 0 Å². The highest BCUT2D eigenvalue weighted by molar-refractivity contribution is 7.89. The highest BCUT2D eigenvalue weighted by atomic mass is 32.2. The molecule has 0 spiro atoms. The van der Waals surface area contributed by atoms with Gasteiger partial charge in [-0.1, -0.05) is 6.07 Å². The first-order valence-corrected chi connectivity index (χ1v) is 7.02. The lowest BCUT2D eigenvalue weighted by atomic mass is 10.3. The van der Waals surface area contributed by atoms with Crippen LogP contribution in [-0.4, -0.2) is 38.9 Å². The van der Waals surface area contributed by atoms with E-state index in [1.807, 2.05) is 0 Å². The van der Waals surface area contributed by atoms with Crippen LogP contribution in [0.3, 0.4) is 0 Å². The highest BCUT2D eigenvalue weighted by Gasteiger charge is 2.35. The Balaban J connectivity index is 2.38. The van der Waals surface area contributed by atoms with Gasteiger partial charge >= 0.3 is 0 Å². The van der Waals surface area contributed by atoms with E-state index >= 15 is 0 Å². The number of hydrogen-bond donors (Lipinski definition) is 1. The third-order valence-corrected chi connectivity index (χ3v) is 4.99. The van der Waals surface area contributed by atoms with Gasteiger partial charge in [0.2, 0.25) is 10.0 Å². The van der Waals surface area contributed by atoms with Gasteiger partial charge in [0.25, 0.3) is 0 Å². The summed E-state index contributed by atoms with van der Waals surface area (Å²) in [5, 5.41) is 2.95. The molecule has 0 bridgehead atoms. The van der Waals surface area contributed by atoms with E-state index in [9.17, 15) is 17.2 Å². The summed E-state index contributed by atoms with van der Waals surface area (Å²) in [6.45, 7) is 0.494. The fraction of sp³-hybridized carbons (Fsp3) is 0.455. The van der Waals surface area contributed by atoms with Gasteiger partial charge in [-0.3, -0.25) is 0 Å². The van der Waals surface area contributed by atoms with Crippen LogP contribution in [0.15, 0.2) is 23.1 Å². The molecule has 1 aromatic carbocycles. The van der Waals surface area contributed by atoms with Crippen molar-refractivity contribution in [1.29, 1.82) is 0 Å². The molecule has 1 N–H and O–H groups in total. The van der Waals surface area contributed by atoms with Gasteiger partial charge in [0, 0.05) is 19.1 Å². The minimum absolute atomic E-state index is 0.0228. The lowest BCUT2D eigenvalue weighted by Crippen LogP contribution is -2.34. The molecule has 0 saturated carbocycles. The molecule has 1 heterocycles. The Morgan fingerprint density at radius 1 is 1.33 bits per heavy atom. The lowest BCUT2D eigenvalue weighted by Gasteiger charge is -2.17. The molecule has 0 radical (unpaired) electrons. The zero-order valence-electron chi connectivity index (χ0n) is 9.86. The Bertz CT molecular complexity index is 528. The Hall–Kier alpha value is -1.05. The van der Waals surface area contributed by atoms with E-state index in [2.05, 4.69) is 5.32 Å². The summed E-state index contributed by atoms with van der Waals surface area (Å²) in [5.41, 5.74) is 0. The lowest BCUT2D eigenvalue weighted by molar-refractivity contribution is 0.447. The second-order valence-corrected chi connectivity index (χ2v) is 6.06. The number of rotatable bonds is 3. The van der Waals surface area contributed by atoms with Gasteiger partial charge < -0.3 is 5.32 Å². The van der Waals surface area contributed by atoms with Crippen molar-refractivity contribution in [3.63, 3.8) is 0 Å². The van der Waals surface area contributed by atoms with Crippen molar-refractivity contribution in [2.24, 2.45) is 0 Å². The molecule has 4 nitrogen and oxygen atoms in total. The van der Waals surface area contributed by atoms with Gasteiger partial charge in [-0.25, -0.2) is 17.2 Å². The second-order valence-electron chi connectivity index (χ2n) is 4.19. The fourth-order valence-electron chi connectivity index (χ4n) is 2.04. The van der Waals surface area contributed by atoms with Gasteiger partial charge in [-0.2, -0.15) is 4.31 Å². The third kappa shape index (κ3) is 2.25. The molecule has 1 fully saturated rings. The zero-order valence-corrected chi connectivity index (χ0v) is 10.7. The molecule has 0 aliphatic carbocycles. The average molecular weight is 276 g/mol. The normalized spacial score (nSPS) is 21.4. The van der Waals surface area contributed by atoms with E-state index < -0.39 is 26.6 Å². The van der Waals surface area contributed by atoms with Crippen molar-refractivity contribution >= 4 is 10.0 Å². The van der Waals surface area contributed by atoms with Crippen molar-refractivity contribution in [2.75, 3.05) is 20.1 Å². The first kappa shape index (κ1) is 13.4. The maximum atomic E-state index is 13.5. The maximum absolute atomic E-state index is 13.5. The van der Waals surface area contributed by atoms with Crippen LogP contribution >= 0.6 is 0 Å². The molecule has 1 atom stereocenters. The Kier molecular flexibility index (Phi) is 3.65. The Labute approximate surface area is 105 Å². The second kappa shape index (κ2) is 4.91. The average Bonchev–Trinajstić information content (AvgIpc) is 2.77.